The minimum Gasteiger partial charge on any atom is -0.478 e. The predicted octanol–water partition coefficient (Wildman–Crippen LogP) is 7.32. The van der Waals surface area contributed by atoms with Gasteiger partial charge in [-0.1, -0.05) is 78.9 Å². The van der Waals surface area contributed by atoms with Gasteiger partial charge in [0.15, 0.2) is 6.10 Å². The maximum absolute atomic E-state index is 12.1. The lowest BCUT2D eigenvalue weighted by atomic mass is 10.0. The molecule has 1 atom stereocenters. The van der Waals surface area contributed by atoms with Crippen molar-refractivity contribution in [1.29, 1.82) is 0 Å². The van der Waals surface area contributed by atoms with Crippen molar-refractivity contribution in [2.45, 2.75) is 19.4 Å². The zero-order chi connectivity index (χ0) is 24.6. The normalized spacial score (nSPS) is 12.2. The van der Waals surface area contributed by atoms with Crippen molar-refractivity contribution in [2.75, 3.05) is 0 Å². The SMILES string of the molecule is Cc1cc(-n2c3ccccc3c3ccccc32)ccc1OC(Cc1ccc2ccccc2c1)C(=O)O. The number of aryl methyl sites for hydroxylation is 1. The Balaban J connectivity index is 1.33. The fourth-order valence-corrected chi connectivity index (χ4v) is 5.02. The zero-order valence-corrected chi connectivity index (χ0v) is 19.9. The molecule has 0 bridgehead atoms. The van der Waals surface area contributed by atoms with E-state index in [4.69, 9.17) is 4.74 Å². The lowest BCUT2D eigenvalue weighted by Gasteiger charge is -2.18. The van der Waals surface area contributed by atoms with Crippen molar-refractivity contribution in [3.63, 3.8) is 0 Å². The Kier molecular flexibility index (Phi) is 5.42. The monoisotopic (exact) mass is 471 g/mol. The van der Waals surface area contributed by atoms with Gasteiger partial charge in [-0.25, -0.2) is 4.79 Å². The van der Waals surface area contributed by atoms with Gasteiger partial charge in [-0.05, 0) is 59.2 Å². The molecule has 0 aliphatic rings. The number of aromatic nitrogens is 1. The topological polar surface area (TPSA) is 51.5 Å². The number of aliphatic carboxylic acids is 1. The molecule has 176 valence electrons. The summed E-state index contributed by atoms with van der Waals surface area (Å²) in [5, 5.41) is 14.5. The fourth-order valence-electron chi connectivity index (χ4n) is 5.02. The Labute approximate surface area is 209 Å². The number of carboxylic acid groups (broad SMARTS) is 1. The Morgan fingerprint density at radius 3 is 2.08 bits per heavy atom. The molecule has 1 N–H and O–H groups in total. The van der Waals surface area contributed by atoms with Crippen LogP contribution in [0, 0.1) is 6.92 Å². The van der Waals surface area contributed by atoms with E-state index in [9.17, 15) is 9.90 Å². The second-order valence-corrected chi connectivity index (χ2v) is 9.15. The van der Waals surface area contributed by atoms with Crippen molar-refractivity contribution >= 4 is 38.5 Å². The Morgan fingerprint density at radius 2 is 1.42 bits per heavy atom. The molecule has 5 aromatic carbocycles. The van der Waals surface area contributed by atoms with Crippen LogP contribution in [-0.2, 0) is 11.2 Å². The summed E-state index contributed by atoms with van der Waals surface area (Å²) >= 11 is 0. The second kappa shape index (κ2) is 8.90. The van der Waals surface area contributed by atoms with E-state index >= 15 is 0 Å². The third-order valence-electron chi connectivity index (χ3n) is 6.78. The van der Waals surface area contributed by atoms with Crippen LogP contribution in [0.3, 0.4) is 0 Å². The van der Waals surface area contributed by atoms with Gasteiger partial charge in [0.1, 0.15) is 5.75 Å². The molecule has 1 aromatic heterocycles. The Hall–Kier alpha value is -4.57. The number of carboxylic acids is 1. The number of nitrogens with zero attached hydrogens (tertiary/aromatic N) is 1. The van der Waals surface area contributed by atoms with E-state index in [0.717, 1.165) is 38.6 Å². The first-order valence-electron chi connectivity index (χ1n) is 12.0. The van der Waals surface area contributed by atoms with E-state index < -0.39 is 12.1 Å². The van der Waals surface area contributed by atoms with Gasteiger partial charge >= 0.3 is 5.97 Å². The molecule has 0 aliphatic carbocycles. The van der Waals surface area contributed by atoms with Crippen LogP contribution in [-0.4, -0.2) is 21.7 Å². The molecule has 4 nitrogen and oxygen atoms in total. The summed E-state index contributed by atoms with van der Waals surface area (Å²) in [4.78, 5) is 12.1. The standard InChI is InChI=1S/C32H25NO3/c1-21-18-25(33-28-12-6-4-10-26(28)27-11-5-7-13-29(27)33)16-17-30(21)36-31(32(34)35)20-22-14-15-23-8-2-3-9-24(23)19-22/h2-19,31H,20H2,1H3,(H,34,35). The number of rotatable bonds is 6. The summed E-state index contributed by atoms with van der Waals surface area (Å²) in [6.45, 7) is 1.96. The number of ether oxygens (including phenoxy) is 1. The largest absolute Gasteiger partial charge is 0.478 e. The van der Waals surface area contributed by atoms with Gasteiger partial charge in [-0.15, -0.1) is 0 Å². The van der Waals surface area contributed by atoms with Crippen molar-refractivity contribution in [2.24, 2.45) is 0 Å². The maximum Gasteiger partial charge on any atom is 0.345 e. The molecule has 0 amide bonds. The highest BCUT2D eigenvalue weighted by Crippen LogP contribution is 2.33. The second-order valence-electron chi connectivity index (χ2n) is 9.15. The van der Waals surface area contributed by atoms with Crippen LogP contribution >= 0.6 is 0 Å². The summed E-state index contributed by atoms with van der Waals surface area (Å²) in [6.07, 6.45) is -0.697. The molecule has 4 heteroatoms. The molecule has 6 rings (SSSR count). The van der Waals surface area contributed by atoms with E-state index in [0.29, 0.717) is 5.75 Å². The first-order chi connectivity index (χ1) is 17.6. The van der Waals surface area contributed by atoms with Gasteiger partial charge in [0.2, 0.25) is 0 Å². The van der Waals surface area contributed by atoms with Gasteiger partial charge in [0, 0.05) is 22.9 Å². The van der Waals surface area contributed by atoms with Crippen LogP contribution in [0.4, 0.5) is 0 Å². The van der Waals surface area contributed by atoms with Crippen molar-refractivity contribution in [3.05, 3.63) is 120 Å². The minimum atomic E-state index is -0.982. The number of hydrogen-bond acceptors (Lipinski definition) is 2. The molecule has 0 saturated carbocycles. The first kappa shape index (κ1) is 21.9. The van der Waals surface area contributed by atoms with Crippen LogP contribution < -0.4 is 4.74 Å². The predicted molar refractivity (Wildman–Crippen MR) is 145 cm³/mol. The van der Waals surface area contributed by atoms with Gasteiger partial charge < -0.3 is 14.4 Å². The third-order valence-corrected chi connectivity index (χ3v) is 6.78. The van der Waals surface area contributed by atoms with Crippen LogP contribution in [0.1, 0.15) is 11.1 Å². The van der Waals surface area contributed by atoms with Crippen LogP contribution in [0.5, 0.6) is 5.75 Å². The van der Waals surface area contributed by atoms with Crippen molar-refractivity contribution < 1.29 is 14.6 Å². The van der Waals surface area contributed by atoms with Crippen LogP contribution in [0.15, 0.2) is 109 Å². The zero-order valence-electron chi connectivity index (χ0n) is 19.9. The van der Waals surface area contributed by atoms with E-state index in [-0.39, 0.29) is 6.42 Å². The molecule has 0 aliphatic heterocycles. The van der Waals surface area contributed by atoms with Gasteiger partial charge in [-0.3, -0.25) is 0 Å². The maximum atomic E-state index is 12.1. The Bertz CT molecular complexity index is 1690. The number of para-hydroxylation sites is 2. The van der Waals surface area contributed by atoms with E-state index in [1.807, 2.05) is 73.7 Å². The van der Waals surface area contributed by atoms with Crippen LogP contribution in [0.2, 0.25) is 0 Å². The quantitative estimate of drug-likeness (QED) is 0.277. The van der Waals surface area contributed by atoms with Gasteiger partial charge in [0.05, 0.1) is 11.0 Å². The summed E-state index contributed by atoms with van der Waals surface area (Å²) in [5.74, 6) is -0.401. The molecule has 0 radical (unpaired) electrons. The first-order valence-corrected chi connectivity index (χ1v) is 12.0. The van der Waals surface area contributed by atoms with Crippen molar-refractivity contribution in [3.8, 4) is 11.4 Å². The van der Waals surface area contributed by atoms with E-state index in [2.05, 4.69) is 47.0 Å². The molecule has 6 aromatic rings. The van der Waals surface area contributed by atoms with Crippen LogP contribution in [0.25, 0.3) is 38.3 Å². The van der Waals surface area contributed by atoms with E-state index in [1.54, 1.807) is 0 Å². The molecule has 0 fully saturated rings. The minimum absolute atomic E-state index is 0.286. The molecular formula is C32H25NO3. The van der Waals surface area contributed by atoms with E-state index in [1.165, 1.54) is 10.8 Å². The molecule has 0 saturated heterocycles. The number of fused-ring (bicyclic) bond motifs is 4. The third kappa shape index (κ3) is 3.87. The number of hydrogen-bond donors (Lipinski definition) is 1. The van der Waals surface area contributed by atoms with Gasteiger partial charge in [0.25, 0.3) is 0 Å². The molecule has 1 unspecified atom stereocenters. The molecule has 0 spiro atoms. The highest BCUT2D eigenvalue weighted by Gasteiger charge is 2.22. The summed E-state index contributed by atoms with van der Waals surface area (Å²) < 4.78 is 8.30. The fraction of sp³-hybridized carbons (Fsp3) is 0.0938. The molecule has 1 heterocycles. The summed E-state index contributed by atoms with van der Waals surface area (Å²) in [7, 11) is 0. The van der Waals surface area contributed by atoms with Crippen molar-refractivity contribution in [1.82, 2.24) is 4.57 Å². The average molecular weight is 472 g/mol. The molecule has 36 heavy (non-hydrogen) atoms. The smallest absolute Gasteiger partial charge is 0.345 e. The molecular weight excluding hydrogens is 446 g/mol. The number of carbonyl (C=O) groups is 1. The highest BCUT2D eigenvalue weighted by molar-refractivity contribution is 6.09. The lowest BCUT2D eigenvalue weighted by molar-refractivity contribution is -0.145. The van der Waals surface area contributed by atoms with Gasteiger partial charge in [-0.2, -0.15) is 0 Å². The number of benzene rings is 5. The summed E-state index contributed by atoms with van der Waals surface area (Å²) in [6, 6.07) is 36.8. The lowest BCUT2D eigenvalue weighted by Crippen LogP contribution is -2.29. The highest BCUT2D eigenvalue weighted by atomic mass is 16.5. The summed E-state index contributed by atoms with van der Waals surface area (Å²) in [5.41, 5.74) is 5.09. The Morgan fingerprint density at radius 1 is 0.778 bits per heavy atom. The average Bonchev–Trinajstić information content (AvgIpc) is 3.23.